The lowest BCUT2D eigenvalue weighted by Crippen LogP contribution is -2.47. The summed E-state index contributed by atoms with van der Waals surface area (Å²) < 4.78 is 0. The van der Waals surface area contributed by atoms with Gasteiger partial charge in [0.1, 0.15) is 6.17 Å². The number of amides is 2. The molecule has 0 aromatic carbocycles. The van der Waals surface area contributed by atoms with Crippen molar-refractivity contribution >= 4 is 23.8 Å². The van der Waals surface area contributed by atoms with E-state index in [4.69, 9.17) is 10.2 Å². The Morgan fingerprint density at radius 3 is 1.17 bits per heavy atom. The van der Waals surface area contributed by atoms with Gasteiger partial charge < -0.3 is 20.8 Å². The quantitative estimate of drug-likeness (QED) is 0.0845. The number of carbonyl (C=O) groups is 4. The van der Waals surface area contributed by atoms with Crippen molar-refractivity contribution in [2.75, 3.05) is 0 Å². The molecule has 0 atom stereocenters. The zero-order valence-corrected chi connectivity index (χ0v) is 21.4. The van der Waals surface area contributed by atoms with Crippen molar-refractivity contribution in [1.82, 2.24) is 10.6 Å². The minimum atomic E-state index is -1.25. The van der Waals surface area contributed by atoms with E-state index in [-0.39, 0.29) is 0 Å². The largest absolute Gasteiger partial charge is 0.478 e. The van der Waals surface area contributed by atoms with Crippen LogP contribution in [0.2, 0.25) is 0 Å². The molecule has 0 aromatic rings. The predicted molar refractivity (Wildman–Crippen MR) is 138 cm³/mol. The molecule has 2 amide bonds. The van der Waals surface area contributed by atoms with Crippen molar-refractivity contribution in [2.24, 2.45) is 0 Å². The van der Waals surface area contributed by atoms with E-state index in [0.717, 1.165) is 37.8 Å². The zero-order valence-electron chi connectivity index (χ0n) is 21.4. The third-order valence-electron chi connectivity index (χ3n) is 5.73. The van der Waals surface area contributed by atoms with E-state index in [0.29, 0.717) is 18.6 Å². The first-order valence-corrected chi connectivity index (χ1v) is 13.3. The van der Waals surface area contributed by atoms with Gasteiger partial charge in [-0.3, -0.25) is 9.59 Å². The molecule has 0 unspecified atom stereocenters. The van der Waals surface area contributed by atoms with Crippen LogP contribution in [0.5, 0.6) is 0 Å². The van der Waals surface area contributed by atoms with Crippen molar-refractivity contribution in [3.05, 3.63) is 24.3 Å². The molecule has 8 heteroatoms. The maximum Gasteiger partial charge on any atom is 0.328 e. The molecule has 0 aliphatic rings. The number of carboxylic acid groups (broad SMARTS) is 2. The van der Waals surface area contributed by atoms with E-state index in [2.05, 4.69) is 17.6 Å². The van der Waals surface area contributed by atoms with Crippen LogP contribution in [-0.4, -0.2) is 40.1 Å². The van der Waals surface area contributed by atoms with Crippen LogP contribution in [0.25, 0.3) is 0 Å². The fourth-order valence-electron chi connectivity index (χ4n) is 3.81. The average Bonchev–Trinajstić information content (AvgIpc) is 2.81. The number of aliphatic carboxylic acids is 2. The normalized spacial score (nSPS) is 12.1. The molecule has 0 fully saturated rings. The molecule has 4 N–H and O–H groups in total. The molecule has 0 aliphatic carbocycles. The Kier molecular flexibility index (Phi) is 21.4. The first-order valence-electron chi connectivity index (χ1n) is 13.3. The molecule has 0 saturated heterocycles. The van der Waals surface area contributed by atoms with Gasteiger partial charge in [0.15, 0.2) is 0 Å². The molecule has 35 heavy (non-hydrogen) atoms. The van der Waals surface area contributed by atoms with Gasteiger partial charge >= 0.3 is 11.9 Å². The zero-order chi connectivity index (χ0) is 26.2. The van der Waals surface area contributed by atoms with Crippen molar-refractivity contribution in [3.8, 4) is 0 Å². The molecular formula is C27H46N2O6. The summed E-state index contributed by atoms with van der Waals surface area (Å²) in [5.74, 6) is -3.78. The maximum absolute atomic E-state index is 11.9. The Morgan fingerprint density at radius 2 is 0.857 bits per heavy atom. The van der Waals surface area contributed by atoms with Gasteiger partial charge in [0.2, 0.25) is 11.8 Å². The highest BCUT2D eigenvalue weighted by Gasteiger charge is 2.13. The van der Waals surface area contributed by atoms with Crippen molar-refractivity contribution in [3.63, 3.8) is 0 Å². The van der Waals surface area contributed by atoms with E-state index in [1.807, 2.05) is 0 Å². The lowest BCUT2D eigenvalue weighted by Gasteiger charge is -2.18. The summed E-state index contributed by atoms with van der Waals surface area (Å²) in [4.78, 5) is 44.8. The molecule has 0 saturated carbocycles. The highest BCUT2D eigenvalue weighted by molar-refractivity contribution is 5.95. The molecule has 0 rings (SSSR count). The van der Waals surface area contributed by atoms with Crippen molar-refractivity contribution in [1.29, 1.82) is 0 Å². The SMILES string of the molecule is CCCCCCCCCCCCCCCCCCC(NC(=O)C=CC(=O)O)NC(=O)C=CC(=O)O. The summed E-state index contributed by atoms with van der Waals surface area (Å²) in [5, 5.41) is 22.3. The fraction of sp³-hybridized carbons (Fsp3) is 0.704. The van der Waals surface area contributed by atoms with E-state index in [1.165, 1.54) is 77.0 Å². The van der Waals surface area contributed by atoms with Gasteiger partial charge in [-0.15, -0.1) is 0 Å². The number of unbranched alkanes of at least 4 members (excludes halogenated alkanes) is 15. The summed E-state index contributed by atoms with van der Waals surface area (Å²) in [6.07, 6.45) is 22.9. The molecule has 8 nitrogen and oxygen atoms in total. The van der Waals surface area contributed by atoms with Crippen LogP contribution >= 0.6 is 0 Å². The topological polar surface area (TPSA) is 133 Å². The maximum atomic E-state index is 11.9. The first-order chi connectivity index (χ1) is 16.8. The monoisotopic (exact) mass is 494 g/mol. The predicted octanol–water partition coefficient (Wildman–Crippen LogP) is 5.48. The van der Waals surface area contributed by atoms with Crippen LogP contribution in [0, 0.1) is 0 Å². The Bertz CT molecular complexity index is 622. The molecule has 0 aromatic heterocycles. The van der Waals surface area contributed by atoms with Gasteiger partial charge in [-0.05, 0) is 12.8 Å². The number of hydrogen-bond donors (Lipinski definition) is 4. The molecule has 0 aliphatic heterocycles. The van der Waals surface area contributed by atoms with Gasteiger partial charge in [-0.25, -0.2) is 9.59 Å². The number of rotatable bonds is 23. The van der Waals surface area contributed by atoms with Crippen LogP contribution < -0.4 is 10.6 Å². The third-order valence-corrected chi connectivity index (χ3v) is 5.73. The van der Waals surface area contributed by atoms with Crippen molar-refractivity contribution in [2.45, 2.75) is 122 Å². The lowest BCUT2D eigenvalue weighted by molar-refractivity contribution is -0.132. The Balaban J connectivity index is 3.97. The second-order valence-electron chi connectivity index (χ2n) is 9.00. The van der Waals surface area contributed by atoms with Crippen LogP contribution in [-0.2, 0) is 19.2 Å². The fourth-order valence-corrected chi connectivity index (χ4v) is 3.81. The van der Waals surface area contributed by atoms with Gasteiger partial charge in [-0.1, -0.05) is 103 Å². The van der Waals surface area contributed by atoms with E-state index in [1.54, 1.807) is 0 Å². The lowest BCUT2D eigenvalue weighted by atomic mass is 10.0. The van der Waals surface area contributed by atoms with Gasteiger partial charge in [0.05, 0.1) is 0 Å². The van der Waals surface area contributed by atoms with E-state index in [9.17, 15) is 19.2 Å². The van der Waals surface area contributed by atoms with Crippen LogP contribution in [0.1, 0.15) is 116 Å². The Hall–Kier alpha value is -2.64. The average molecular weight is 495 g/mol. The molecule has 200 valence electrons. The van der Waals surface area contributed by atoms with E-state index >= 15 is 0 Å². The molecule has 0 heterocycles. The summed E-state index contributed by atoms with van der Waals surface area (Å²) >= 11 is 0. The summed E-state index contributed by atoms with van der Waals surface area (Å²) in [6, 6.07) is 0. The molecule has 0 radical (unpaired) electrons. The highest BCUT2D eigenvalue weighted by atomic mass is 16.4. The Labute approximate surface area is 210 Å². The Morgan fingerprint density at radius 1 is 0.543 bits per heavy atom. The summed E-state index contributed by atoms with van der Waals surface area (Å²) in [5.41, 5.74) is 0. The summed E-state index contributed by atoms with van der Waals surface area (Å²) in [6.45, 7) is 2.25. The number of carboxylic acids is 2. The minimum Gasteiger partial charge on any atom is -0.478 e. The van der Waals surface area contributed by atoms with Gasteiger partial charge in [0, 0.05) is 24.3 Å². The summed E-state index contributed by atoms with van der Waals surface area (Å²) in [7, 11) is 0. The van der Waals surface area contributed by atoms with E-state index < -0.39 is 29.9 Å². The highest BCUT2D eigenvalue weighted by Crippen LogP contribution is 2.14. The molecule has 0 bridgehead atoms. The number of nitrogens with one attached hydrogen (secondary N) is 2. The number of hydrogen-bond acceptors (Lipinski definition) is 4. The molecular weight excluding hydrogens is 448 g/mol. The van der Waals surface area contributed by atoms with Crippen LogP contribution in [0.4, 0.5) is 0 Å². The van der Waals surface area contributed by atoms with Gasteiger partial charge in [0.25, 0.3) is 0 Å². The van der Waals surface area contributed by atoms with Crippen molar-refractivity contribution < 1.29 is 29.4 Å². The third kappa shape index (κ3) is 24.3. The van der Waals surface area contributed by atoms with Gasteiger partial charge in [-0.2, -0.15) is 0 Å². The second kappa shape index (κ2) is 23.1. The van der Waals surface area contributed by atoms with Crippen LogP contribution in [0.3, 0.4) is 0 Å². The second-order valence-corrected chi connectivity index (χ2v) is 9.00. The van der Waals surface area contributed by atoms with Crippen LogP contribution in [0.15, 0.2) is 24.3 Å². The standard InChI is InChI=1S/C27H46N2O6/c1-2-3-4-5-6-7-8-9-10-11-12-13-14-15-16-17-18-23(28-24(30)19-21-26(32)33)29-25(31)20-22-27(34)35/h19-23H,2-18H2,1H3,(H,28,30)(H,29,31)(H,32,33)(H,34,35). The first kappa shape index (κ1) is 32.4. The smallest absolute Gasteiger partial charge is 0.328 e. The minimum absolute atomic E-state index is 0.470. The molecule has 0 spiro atoms. The number of carbonyl (C=O) groups excluding carboxylic acids is 2.